The van der Waals surface area contributed by atoms with Crippen LogP contribution in [0, 0.1) is 0 Å². The second-order valence-electron chi connectivity index (χ2n) is 6.29. The maximum absolute atomic E-state index is 12.2. The highest BCUT2D eigenvalue weighted by Gasteiger charge is 2.26. The first kappa shape index (κ1) is 16.0. The number of anilines is 1. The molecule has 2 fully saturated rings. The van der Waals surface area contributed by atoms with E-state index >= 15 is 0 Å². The Labute approximate surface area is 136 Å². The molecule has 0 aliphatic carbocycles. The number of hydrogen-bond donors (Lipinski definition) is 2. The third-order valence-corrected chi connectivity index (χ3v) is 4.47. The fourth-order valence-electron chi connectivity index (χ4n) is 3.25. The summed E-state index contributed by atoms with van der Waals surface area (Å²) in [6.45, 7) is 4.47. The van der Waals surface area contributed by atoms with Gasteiger partial charge in [0.25, 0.3) is 0 Å². The predicted octanol–water partition coefficient (Wildman–Crippen LogP) is 1.31. The van der Waals surface area contributed by atoms with Crippen LogP contribution in [0.3, 0.4) is 0 Å². The van der Waals surface area contributed by atoms with Gasteiger partial charge in [0.1, 0.15) is 0 Å². The number of nitrogens with zero attached hydrogens (tertiary/aromatic N) is 3. The van der Waals surface area contributed by atoms with E-state index in [-0.39, 0.29) is 24.2 Å². The van der Waals surface area contributed by atoms with Gasteiger partial charge in [-0.15, -0.1) is 0 Å². The number of aromatic nitrogens is 2. The van der Waals surface area contributed by atoms with Crippen LogP contribution in [-0.4, -0.2) is 53.9 Å². The molecule has 0 aromatic carbocycles. The minimum absolute atomic E-state index is 0.0367. The maximum Gasteiger partial charge on any atom is 0.315 e. The normalized spacial score (nSPS) is 25.9. The Morgan fingerprint density at radius 2 is 2.17 bits per heavy atom. The number of hydrogen-bond acceptors (Lipinski definition) is 5. The molecule has 7 heteroatoms. The molecule has 0 radical (unpaired) electrons. The molecule has 0 bridgehead atoms. The monoisotopic (exact) mass is 319 g/mol. The van der Waals surface area contributed by atoms with Crippen molar-refractivity contribution in [1.82, 2.24) is 20.6 Å². The lowest BCUT2D eigenvalue weighted by atomic mass is 10.1. The van der Waals surface area contributed by atoms with Gasteiger partial charge in [0.15, 0.2) is 0 Å². The summed E-state index contributed by atoms with van der Waals surface area (Å²) in [7, 11) is 0. The number of urea groups is 1. The van der Waals surface area contributed by atoms with E-state index in [1.165, 1.54) is 0 Å². The third-order valence-electron chi connectivity index (χ3n) is 4.47. The fourth-order valence-corrected chi connectivity index (χ4v) is 3.25. The zero-order valence-corrected chi connectivity index (χ0v) is 13.6. The predicted molar refractivity (Wildman–Crippen MR) is 87.4 cm³/mol. The summed E-state index contributed by atoms with van der Waals surface area (Å²) >= 11 is 0. The molecule has 3 atom stereocenters. The van der Waals surface area contributed by atoms with Crippen molar-refractivity contribution in [2.24, 2.45) is 0 Å². The van der Waals surface area contributed by atoms with Crippen molar-refractivity contribution < 1.29 is 9.53 Å². The Kier molecular flexibility index (Phi) is 5.27. The van der Waals surface area contributed by atoms with Crippen LogP contribution in [0.25, 0.3) is 0 Å². The smallest absolute Gasteiger partial charge is 0.315 e. The Morgan fingerprint density at radius 1 is 1.35 bits per heavy atom. The van der Waals surface area contributed by atoms with Crippen LogP contribution in [0.15, 0.2) is 18.5 Å². The van der Waals surface area contributed by atoms with Crippen LogP contribution in [0.5, 0.6) is 0 Å². The average Bonchev–Trinajstić information content (AvgIpc) is 3.10. The Balaban J connectivity index is 1.48. The van der Waals surface area contributed by atoms with E-state index in [4.69, 9.17) is 4.74 Å². The minimum atomic E-state index is -0.117. The van der Waals surface area contributed by atoms with Crippen LogP contribution < -0.4 is 15.5 Å². The number of carbonyl (C=O) groups is 1. The van der Waals surface area contributed by atoms with Gasteiger partial charge in [-0.25, -0.2) is 14.8 Å². The molecule has 1 aromatic rings. The highest BCUT2D eigenvalue weighted by atomic mass is 16.5. The summed E-state index contributed by atoms with van der Waals surface area (Å²) in [5, 5.41) is 6.07. The van der Waals surface area contributed by atoms with Crippen LogP contribution >= 0.6 is 0 Å². The standard InChI is InChI=1S/C16H25N5O2/c1-12(14-6-3-10-23-14)19-16(22)20-13-5-2-9-21(11-13)15-17-7-4-8-18-15/h4,7-8,12-14H,2-3,5-6,9-11H2,1H3,(H2,19,20,22)/t12-,13+,14+/m0/s1. The van der Waals surface area contributed by atoms with Gasteiger partial charge >= 0.3 is 6.03 Å². The topological polar surface area (TPSA) is 79.4 Å². The van der Waals surface area contributed by atoms with Crippen molar-refractivity contribution in [2.75, 3.05) is 24.6 Å². The highest BCUT2D eigenvalue weighted by molar-refractivity contribution is 5.74. The van der Waals surface area contributed by atoms with Gasteiger partial charge in [0, 0.05) is 38.1 Å². The number of piperidine rings is 1. The molecule has 0 spiro atoms. The number of amides is 2. The van der Waals surface area contributed by atoms with Crippen LogP contribution in [0.4, 0.5) is 10.7 Å². The molecule has 3 heterocycles. The molecule has 126 valence electrons. The quantitative estimate of drug-likeness (QED) is 0.875. The molecule has 23 heavy (non-hydrogen) atoms. The maximum atomic E-state index is 12.2. The SMILES string of the molecule is C[C@H](NC(=O)N[C@@H]1CCCN(c2ncccn2)C1)[C@H]1CCCO1. The van der Waals surface area contributed by atoms with E-state index in [2.05, 4.69) is 25.5 Å². The second-order valence-corrected chi connectivity index (χ2v) is 6.29. The van der Waals surface area contributed by atoms with Gasteiger partial charge in [-0.05, 0) is 38.7 Å². The lowest BCUT2D eigenvalue weighted by Crippen LogP contribution is -2.53. The van der Waals surface area contributed by atoms with E-state index in [1.54, 1.807) is 12.4 Å². The van der Waals surface area contributed by atoms with E-state index < -0.39 is 0 Å². The van der Waals surface area contributed by atoms with Crippen molar-refractivity contribution in [3.8, 4) is 0 Å². The summed E-state index contributed by atoms with van der Waals surface area (Å²) in [6.07, 6.45) is 7.72. The Morgan fingerprint density at radius 3 is 2.91 bits per heavy atom. The Bertz CT molecular complexity index is 506. The summed E-state index contributed by atoms with van der Waals surface area (Å²) < 4.78 is 5.61. The van der Waals surface area contributed by atoms with Gasteiger partial charge in [0.2, 0.25) is 5.95 Å². The van der Waals surface area contributed by atoms with E-state index in [1.807, 2.05) is 13.0 Å². The van der Waals surface area contributed by atoms with Gasteiger partial charge in [-0.2, -0.15) is 0 Å². The van der Waals surface area contributed by atoms with Crippen molar-refractivity contribution >= 4 is 12.0 Å². The first-order chi connectivity index (χ1) is 11.2. The molecule has 1 aromatic heterocycles. The number of ether oxygens (including phenoxy) is 1. The molecule has 0 unspecified atom stereocenters. The van der Waals surface area contributed by atoms with Crippen molar-refractivity contribution in [1.29, 1.82) is 0 Å². The molecule has 2 aliphatic heterocycles. The van der Waals surface area contributed by atoms with Gasteiger partial charge in [-0.3, -0.25) is 0 Å². The summed E-state index contributed by atoms with van der Waals surface area (Å²) in [5.74, 6) is 0.729. The fraction of sp³-hybridized carbons (Fsp3) is 0.688. The molecular weight excluding hydrogens is 294 g/mol. The van der Waals surface area contributed by atoms with Crippen molar-refractivity contribution in [2.45, 2.75) is 50.8 Å². The largest absolute Gasteiger partial charge is 0.376 e. The third kappa shape index (κ3) is 4.31. The first-order valence-corrected chi connectivity index (χ1v) is 8.43. The molecule has 2 saturated heterocycles. The number of rotatable bonds is 4. The highest BCUT2D eigenvalue weighted by Crippen LogP contribution is 2.16. The lowest BCUT2D eigenvalue weighted by Gasteiger charge is -2.33. The molecule has 7 nitrogen and oxygen atoms in total. The number of nitrogens with one attached hydrogen (secondary N) is 2. The van der Waals surface area contributed by atoms with Crippen LogP contribution in [-0.2, 0) is 4.74 Å². The molecule has 3 rings (SSSR count). The van der Waals surface area contributed by atoms with Crippen LogP contribution in [0.1, 0.15) is 32.6 Å². The van der Waals surface area contributed by atoms with E-state index in [0.717, 1.165) is 51.3 Å². The number of carbonyl (C=O) groups excluding carboxylic acids is 1. The van der Waals surface area contributed by atoms with Gasteiger partial charge in [-0.1, -0.05) is 0 Å². The second kappa shape index (κ2) is 7.59. The zero-order chi connectivity index (χ0) is 16.1. The van der Waals surface area contributed by atoms with Gasteiger partial charge in [0.05, 0.1) is 12.1 Å². The van der Waals surface area contributed by atoms with E-state index in [9.17, 15) is 4.79 Å². The summed E-state index contributed by atoms with van der Waals surface area (Å²) in [5.41, 5.74) is 0. The molecule has 2 N–H and O–H groups in total. The molecular formula is C16H25N5O2. The molecule has 2 aliphatic rings. The lowest BCUT2D eigenvalue weighted by molar-refractivity contribution is 0.0858. The van der Waals surface area contributed by atoms with Crippen molar-refractivity contribution in [3.63, 3.8) is 0 Å². The zero-order valence-electron chi connectivity index (χ0n) is 13.6. The van der Waals surface area contributed by atoms with Crippen molar-refractivity contribution in [3.05, 3.63) is 18.5 Å². The minimum Gasteiger partial charge on any atom is -0.376 e. The Hall–Kier alpha value is -1.89. The molecule has 2 amide bonds. The van der Waals surface area contributed by atoms with Crippen LogP contribution in [0.2, 0.25) is 0 Å². The molecule has 0 saturated carbocycles. The van der Waals surface area contributed by atoms with E-state index in [0.29, 0.717) is 0 Å². The average molecular weight is 319 g/mol. The van der Waals surface area contributed by atoms with Gasteiger partial charge < -0.3 is 20.3 Å². The summed E-state index contributed by atoms with van der Waals surface area (Å²) in [4.78, 5) is 22.9. The first-order valence-electron chi connectivity index (χ1n) is 8.43. The summed E-state index contributed by atoms with van der Waals surface area (Å²) in [6, 6.07) is 1.84.